The fourth-order valence-electron chi connectivity index (χ4n) is 3.20. The summed E-state index contributed by atoms with van der Waals surface area (Å²) in [5.41, 5.74) is 2.17. The number of nitrogens with zero attached hydrogens (tertiary/aromatic N) is 2. The molecule has 0 aromatic heterocycles. The van der Waals surface area contributed by atoms with E-state index in [2.05, 4.69) is 10.2 Å². The lowest BCUT2D eigenvalue weighted by atomic mass is 10.2. The SMILES string of the molecule is CC(=O)N(CCNC(=O)c1ccc(F)cc1)c1ccccc1N1CCOCC1. The van der Waals surface area contributed by atoms with Crippen molar-refractivity contribution < 1.29 is 18.7 Å². The predicted octanol–water partition coefficient (Wildman–Crippen LogP) is 2.45. The molecule has 1 fully saturated rings. The Labute approximate surface area is 163 Å². The first kappa shape index (κ1) is 19.8. The van der Waals surface area contributed by atoms with E-state index in [0.29, 0.717) is 25.3 Å². The minimum Gasteiger partial charge on any atom is -0.378 e. The largest absolute Gasteiger partial charge is 0.378 e. The second-order valence-electron chi connectivity index (χ2n) is 6.52. The van der Waals surface area contributed by atoms with Crippen LogP contribution in [0.25, 0.3) is 0 Å². The molecule has 1 saturated heterocycles. The highest BCUT2D eigenvalue weighted by atomic mass is 19.1. The maximum atomic E-state index is 13.0. The molecule has 7 heteroatoms. The van der Waals surface area contributed by atoms with Gasteiger partial charge in [0.05, 0.1) is 24.6 Å². The van der Waals surface area contributed by atoms with Gasteiger partial charge in [0.2, 0.25) is 5.91 Å². The molecule has 0 radical (unpaired) electrons. The van der Waals surface area contributed by atoms with E-state index in [9.17, 15) is 14.0 Å². The quantitative estimate of drug-likeness (QED) is 0.830. The highest BCUT2D eigenvalue weighted by Crippen LogP contribution is 2.29. The van der Waals surface area contributed by atoms with E-state index < -0.39 is 0 Å². The van der Waals surface area contributed by atoms with Gasteiger partial charge in [-0.3, -0.25) is 9.59 Å². The first-order valence-corrected chi connectivity index (χ1v) is 9.30. The highest BCUT2D eigenvalue weighted by molar-refractivity contribution is 5.96. The number of carbonyl (C=O) groups is 2. The summed E-state index contributed by atoms with van der Waals surface area (Å²) in [6.45, 7) is 4.98. The highest BCUT2D eigenvalue weighted by Gasteiger charge is 2.20. The fraction of sp³-hybridized carbons (Fsp3) is 0.333. The van der Waals surface area contributed by atoms with Gasteiger partial charge >= 0.3 is 0 Å². The van der Waals surface area contributed by atoms with Gasteiger partial charge in [-0.15, -0.1) is 0 Å². The van der Waals surface area contributed by atoms with Crippen LogP contribution >= 0.6 is 0 Å². The van der Waals surface area contributed by atoms with Gasteiger partial charge in [-0.25, -0.2) is 4.39 Å². The van der Waals surface area contributed by atoms with E-state index in [4.69, 9.17) is 4.74 Å². The third-order valence-corrected chi connectivity index (χ3v) is 4.63. The monoisotopic (exact) mass is 385 g/mol. The van der Waals surface area contributed by atoms with Gasteiger partial charge in [-0.1, -0.05) is 12.1 Å². The van der Waals surface area contributed by atoms with E-state index in [1.54, 1.807) is 4.90 Å². The van der Waals surface area contributed by atoms with Crippen molar-refractivity contribution in [3.05, 3.63) is 59.9 Å². The Morgan fingerprint density at radius 3 is 2.46 bits per heavy atom. The summed E-state index contributed by atoms with van der Waals surface area (Å²) in [7, 11) is 0. The van der Waals surface area contributed by atoms with Crippen molar-refractivity contribution >= 4 is 23.2 Å². The van der Waals surface area contributed by atoms with E-state index in [1.165, 1.54) is 31.2 Å². The molecule has 0 spiro atoms. The van der Waals surface area contributed by atoms with E-state index in [0.717, 1.165) is 24.5 Å². The molecule has 0 unspecified atom stereocenters. The number of hydrogen-bond acceptors (Lipinski definition) is 4. The lowest BCUT2D eigenvalue weighted by Gasteiger charge is -2.33. The zero-order chi connectivity index (χ0) is 19.9. The molecular formula is C21H24FN3O3. The van der Waals surface area contributed by atoms with Gasteiger partial charge in [0.15, 0.2) is 0 Å². The summed E-state index contributed by atoms with van der Waals surface area (Å²) in [5, 5.41) is 2.78. The van der Waals surface area contributed by atoms with E-state index in [1.807, 2.05) is 24.3 Å². The van der Waals surface area contributed by atoms with Crippen LogP contribution in [-0.4, -0.2) is 51.2 Å². The summed E-state index contributed by atoms with van der Waals surface area (Å²) in [4.78, 5) is 28.4. The van der Waals surface area contributed by atoms with Crippen molar-refractivity contribution in [1.29, 1.82) is 0 Å². The summed E-state index contributed by atoms with van der Waals surface area (Å²) >= 11 is 0. The molecule has 2 aromatic rings. The number of amides is 2. The van der Waals surface area contributed by atoms with Crippen molar-refractivity contribution in [2.45, 2.75) is 6.92 Å². The van der Waals surface area contributed by atoms with Crippen LogP contribution in [0.3, 0.4) is 0 Å². The summed E-state index contributed by atoms with van der Waals surface area (Å²) in [6, 6.07) is 13.1. The first-order valence-electron chi connectivity index (χ1n) is 9.30. The molecule has 6 nitrogen and oxygen atoms in total. The molecule has 3 rings (SSSR count). The van der Waals surface area contributed by atoms with Crippen LogP contribution in [-0.2, 0) is 9.53 Å². The van der Waals surface area contributed by atoms with Crippen molar-refractivity contribution in [3.8, 4) is 0 Å². The predicted molar refractivity (Wildman–Crippen MR) is 106 cm³/mol. The number of nitrogens with one attached hydrogen (secondary N) is 1. The third-order valence-electron chi connectivity index (χ3n) is 4.63. The Kier molecular flexibility index (Phi) is 6.60. The zero-order valence-electron chi connectivity index (χ0n) is 15.9. The van der Waals surface area contributed by atoms with Gasteiger partial charge in [-0.2, -0.15) is 0 Å². The number of hydrogen-bond donors (Lipinski definition) is 1. The summed E-state index contributed by atoms with van der Waals surface area (Å²) < 4.78 is 18.4. The molecular weight excluding hydrogens is 361 g/mol. The molecule has 0 bridgehead atoms. The molecule has 0 saturated carbocycles. The smallest absolute Gasteiger partial charge is 0.251 e. The molecule has 2 amide bonds. The molecule has 0 atom stereocenters. The summed E-state index contributed by atoms with van der Waals surface area (Å²) in [5.74, 6) is -0.791. The molecule has 2 aromatic carbocycles. The van der Waals surface area contributed by atoms with Crippen LogP contribution in [0.2, 0.25) is 0 Å². The van der Waals surface area contributed by atoms with Gasteiger partial charge in [-0.05, 0) is 36.4 Å². The molecule has 1 aliphatic rings. The number of benzene rings is 2. The lowest BCUT2D eigenvalue weighted by molar-refractivity contribution is -0.116. The lowest BCUT2D eigenvalue weighted by Crippen LogP contribution is -2.40. The van der Waals surface area contributed by atoms with Crippen molar-refractivity contribution in [2.75, 3.05) is 49.2 Å². The number of carbonyl (C=O) groups excluding carboxylic acids is 2. The fourth-order valence-corrected chi connectivity index (χ4v) is 3.20. The molecule has 28 heavy (non-hydrogen) atoms. The van der Waals surface area contributed by atoms with Crippen LogP contribution in [0.5, 0.6) is 0 Å². The van der Waals surface area contributed by atoms with Crippen LogP contribution in [0.15, 0.2) is 48.5 Å². The van der Waals surface area contributed by atoms with Gasteiger partial charge < -0.3 is 19.9 Å². The number of anilines is 2. The number of para-hydroxylation sites is 2. The van der Waals surface area contributed by atoms with Gasteiger partial charge in [0, 0.05) is 38.7 Å². The van der Waals surface area contributed by atoms with Crippen LogP contribution < -0.4 is 15.1 Å². The third kappa shape index (κ3) is 4.86. The normalized spacial score (nSPS) is 13.9. The van der Waals surface area contributed by atoms with Gasteiger partial charge in [0.25, 0.3) is 5.91 Å². The first-order chi connectivity index (χ1) is 13.6. The Morgan fingerprint density at radius 2 is 1.79 bits per heavy atom. The number of rotatable bonds is 6. The van der Waals surface area contributed by atoms with Gasteiger partial charge in [0.1, 0.15) is 5.82 Å². The van der Waals surface area contributed by atoms with Crippen LogP contribution in [0.1, 0.15) is 17.3 Å². The summed E-state index contributed by atoms with van der Waals surface area (Å²) in [6.07, 6.45) is 0. The van der Waals surface area contributed by atoms with E-state index >= 15 is 0 Å². The van der Waals surface area contributed by atoms with Crippen molar-refractivity contribution in [1.82, 2.24) is 5.32 Å². The molecule has 1 N–H and O–H groups in total. The molecule has 1 aliphatic heterocycles. The Hall–Kier alpha value is -2.93. The minimum atomic E-state index is -0.390. The topological polar surface area (TPSA) is 61.9 Å². The molecule has 1 heterocycles. The maximum Gasteiger partial charge on any atom is 0.251 e. The standard InChI is InChI=1S/C21H24FN3O3/c1-16(26)25(11-10-23-21(27)17-6-8-18(22)9-7-17)20-5-3-2-4-19(20)24-12-14-28-15-13-24/h2-9H,10-15H2,1H3,(H,23,27). The van der Waals surface area contributed by atoms with Crippen molar-refractivity contribution in [2.24, 2.45) is 0 Å². The Balaban J connectivity index is 1.68. The average Bonchev–Trinajstić information content (AvgIpc) is 2.72. The van der Waals surface area contributed by atoms with E-state index in [-0.39, 0.29) is 24.2 Å². The molecule has 0 aliphatic carbocycles. The number of ether oxygens (including phenoxy) is 1. The van der Waals surface area contributed by atoms with Crippen LogP contribution in [0.4, 0.5) is 15.8 Å². The van der Waals surface area contributed by atoms with Crippen molar-refractivity contribution in [3.63, 3.8) is 0 Å². The number of morpholine rings is 1. The Morgan fingerprint density at radius 1 is 1.11 bits per heavy atom. The zero-order valence-corrected chi connectivity index (χ0v) is 15.9. The second kappa shape index (κ2) is 9.32. The minimum absolute atomic E-state index is 0.100. The Bertz CT molecular complexity index is 820. The second-order valence-corrected chi connectivity index (χ2v) is 6.52. The maximum absolute atomic E-state index is 13.0. The average molecular weight is 385 g/mol. The van der Waals surface area contributed by atoms with Crippen LogP contribution in [0, 0.1) is 5.82 Å². The molecule has 148 valence electrons. The number of halogens is 1.